The highest BCUT2D eigenvalue weighted by molar-refractivity contribution is 9.09. The highest BCUT2D eigenvalue weighted by Gasteiger charge is 2.29. The molecule has 0 bridgehead atoms. The van der Waals surface area contributed by atoms with E-state index >= 15 is 0 Å². The van der Waals surface area contributed by atoms with Gasteiger partial charge in [0.05, 0.1) is 12.5 Å². The first kappa shape index (κ1) is 11.5. The van der Waals surface area contributed by atoms with Crippen molar-refractivity contribution >= 4 is 27.8 Å². The van der Waals surface area contributed by atoms with Crippen LogP contribution in [0, 0.1) is 0 Å². The number of carbonyl (C=O) groups excluding carboxylic acids is 1. The average Bonchev–Trinajstić information content (AvgIpc) is 2.28. The summed E-state index contributed by atoms with van der Waals surface area (Å²) in [6, 6.07) is 0. The molecule has 1 rings (SSSR count). The number of carbonyl (C=O) groups is 2. The number of aliphatic hydroxyl groups is 1. The van der Waals surface area contributed by atoms with Gasteiger partial charge in [-0.3, -0.25) is 9.59 Å². The monoisotopic (exact) mass is 265 g/mol. The van der Waals surface area contributed by atoms with E-state index in [1.54, 1.807) is 0 Å². The number of rotatable bonds is 4. The van der Waals surface area contributed by atoms with Gasteiger partial charge in [-0.1, -0.05) is 15.9 Å². The molecule has 0 saturated carbocycles. The van der Waals surface area contributed by atoms with Crippen LogP contribution >= 0.6 is 15.9 Å². The first-order valence-corrected chi connectivity index (χ1v) is 5.22. The zero-order valence-electron chi connectivity index (χ0n) is 7.52. The van der Waals surface area contributed by atoms with E-state index in [1.165, 1.54) is 4.90 Å². The molecular formula is C8H12BrNO4. The minimum Gasteiger partial charge on any atom is -0.481 e. The zero-order valence-corrected chi connectivity index (χ0v) is 9.11. The SMILES string of the molecule is O=C(O)CC(O)CN1CC(Br)CC1=O. The zero-order chi connectivity index (χ0) is 10.7. The standard InChI is InChI=1S/C8H12BrNO4/c9-5-1-7(12)10(3-5)4-6(11)2-8(13)14/h5-6,11H,1-4H2,(H,13,14). The van der Waals surface area contributed by atoms with E-state index in [1.807, 2.05) is 0 Å². The van der Waals surface area contributed by atoms with Gasteiger partial charge in [0.15, 0.2) is 0 Å². The lowest BCUT2D eigenvalue weighted by Crippen LogP contribution is -2.34. The van der Waals surface area contributed by atoms with Crippen LogP contribution in [0.5, 0.6) is 0 Å². The fourth-order valence-corrected chi connectivity index (χ4v) is 2.05. The molecule has 1 amide bonds. The number of hydrogen-bond acceptors (Lipinski definition) is 3. The predicted octanol–water partition coefficient (Wildman–Crippen LogP) is -0.182. The van der Waals surface area contributed by atoms with Gasteiger partial charge in [0.25, 0.3) is 0 Å². The van der Waals surface area contributed by atoms with Gasteiger partial charge >= 0.3 is 5.97 Å². The number of carboxylic acid groups (broad SMARTS) is 1. The Kier molecular flexibility index (Phi) is 3.88. The largest absolute Gasteiger partial charge is 0.481 e. The van der Waals surface area contributed by atoms with E-state index in [0.717, 1.165) is 0 Å². The van der Waals surface area contributed by atoms with Gasteiger partial charge in [-0.15, -0.1) is 0 Å². The van der Waals surface area contributed by atoms with Crippen molar-refractivity contribution in [2.45, 2.75) is 23.8 Å². The Hall–Kier alpha value is -0.620. The van der Waals surface area contributed by atoms with Gasteiger partial charge in [-0.2, -0.15) is 0 Å². The molecule has 1 aliphatic heterocycles. The van der Waals surface area contributed by atoms with Gasteiger partial charge in [-0.05, 0) is 0 Å². The number of aliphatic hydroxyl groups excluding tert-OH is 1. The Bertz CT molecular complexity index is 245. The molecule has 2 atom stereocenters. The number of likely N-dealkylation sites (tertiary alicyclic amines) is 1. The smallest absolute Gasteiger partial charge is 0.306 e. The van der Waals surface area contributed by atoms with E-state index in [-0.39, 0.29) is 23.7 Å². The molecular weight excluding hydrogens is 254 g/mol. The molecule has 2 N–H and O–H groups in total. The topological polar surface area (TPSA) is 77.8 Å². The second kappa shape index (κ2) is 4.75. The van der Waals surface area contributed by atoms with Gasteiger partial charge < -0.3 is 15.1 Å². The molecule has 0 aromatic carbocycles. The summed E-state index contributed by atoms with van der Waals surface area (Å²) in [4.78, 5) is 23.1. The average molecular weight is 266 g/mol. The summed E-state index contributed by atoms with van der Waals surface area (Å²) in [5.74, 6) is -1.10. The Morgan fingerprint density at radius 2 is 2.36 bits per heavy atom. The molecule has 1 heterocycles. The normalized spacial score (nSPS) is 24.0. The fraction of sp³-hybridized carbons (Fsp3) is 0.750. The van der Waals surface area contributed by atoms with Crippen molar-refractivity contribution in [3.63, 3.8) is 0 Å². The molecule has 0 radical (unpaired) electrons. The molecule has 6 heteroatoms. The highest BCUT2D eigenvalue weighted by atomic mass is 79.9. The van der Waals surface area contributed by atoms with Crippen LogP contribution in [0.25, 0.3) is 0 Å². The van der Waals surface area contributed by atoms with Crippen LogP contribution in [0.3, 0.4) is 0 Å². The van der Waals surface area contributed by atoms with Crippen molar-refractivity contribution in [1.82, 2.24) is 4.90 Å². The van der Waals surface area contributed by atoms with Crippen LogP contribution in [0.2, 0.25) is 0 Å². The molecule has 80 valence electrons. The van der Waals surface area contributed by atoms with Crippen LogP contribution in [-0.2, 0) is 9.59 Å². The number of aliphatic carboxylic acids is 1. The predicted molar refractivity (Wildman–Crippen MR) is 52.2 cm³/mol. The minimum absolute atomic E-state index is 0.0451. The number of alkyl halides is 1. The summed E-state index contributed by atoms with van der Waals surface area (Å²) in [6.45, 7) is 0.642. The lowest BCUT2D eigenvalue weighted by Gasteiger charge is -2.18. The summed E-state index contributed by atoms with van der Waals surface area (Å²) < 4.78 is 0. The number of halogens is 1. The quantitative estimate of drug-likeness (QED) is 0.692. The molecule has 1 fully saturated rings. The van der Waals surface area contributed by atoms with E-state index in [4.69, 9.17) is 5.11 Å². The second-order valence-electron chi connectivity index (χ2n) is 3.35. The number of hydrogen-bond donors (Lipinski definition) is 2. The number of carboxylic acids is 1. The lowest BCUT2D eigenvalue weighted by molar-refractivity contribution is -0.140. The Morgan fingerprint density at radius 3 is 2.79 bits per heavy atom. The van der Waals surface area contributed by atoms with Crippen molar-refractivity contribution in [3.8, 4) is 0 Å². The molecule has 2 unspecified atom stereocenters. The van der Waals surface area contributed by atoms with E-state index in [0.29, 0.717) is 13.0 Å². The summed E-state index contributed by atoms with van der Waals surface area (Å²) in [5.41, 5.74) is 0. The maximum atomic E-state index is 11.2. The molecule has 5 nitrogen and oxygen atoms in total. The third-order valence-corrected chi connectivity index (χ3v) is 2.62. The molecule has 0 aromatic rings. The van der Waals surface area contributed by atoms with Gasteiger partial charge in [0.2, 0.25) is 5.91 Å². The highest BCUT2D eigenvalue weighted by Crippen LogP contribution is 2.18. The molecule has 0 spiro atoms. The van der Waals surface area contributed by atoms with Crippen LogP contribution in [-0.4, -0.2) is 51.0 Å². The molecule has 0 aliphatic carbocycles. The van der Waals surface area contributed by atoms with Crippen molar-refractivity contribution in [3.05, 3.63) is 0 Å². The third kappa shape index (κ3) is 3.26. The van der Waals surface area contributed by atoms with Gasteiger partial charge in [0, 0.05) is 24.3 Å². The Labute approximate surface area is 89.8 Å². The van der Waals surface area contributed by atoms with Gasteiger partial charge in [-0.25, -0.2) is 0 Å². The van der Waals surface area contributed by atoms with E-state index in [9.17, 15) is 14.7 Å². The maximum absolute atomic E-state index is 11.2. The molecule has 1 saturated heterocycles. The van der Waals surface area contributed by atoms with Crippen LogP contribution < -0.4 is 0 Å². The maximum Gasteiger partial charge on any atom is 0.306 e. The van der Waals surface area contributed by atoms with Crippen molar-refractivity contribution < 1.29 is 19.8 Å². The lowest BCUT2D eigenvalue weighted by atomic mass is 10.2. The molecule has 14 heavy (non-hydrogen) atoms. The van der Waals surface area contributed by atoms with E-state index in [2.05, 4.69) is 15.9 Å². The second-order valence-corrected chi connectivity index (χ2v) is 4.65. The summed E-state index contributed by atoms with van der Waals surface area (Å²) in [7, 11) is 0. The summed E-state index contributed by atoms with van der Waals surface area (Å²) >= 11 is 3.30. The summed E-state index contributed by atoms with van der Waals surface area (Å²) in [6.07, 6.45) is -0.884. The van der Waals surface area contributed by atoms with Gasteiger partial charge in [0.1, 0.15) is 0 Å². The first-order chi connectivity index (χ1) is 6.49. The molecule has 0 aromatic heterocycles. The number of β-amino-alcohol motifs (C(OH)–C–C–N with tert-alkyl or cyclic N) is 1. The number of amides is 1. The van der Waals surface area contributed by atoms with Crippen molar-refractivity contribution in [1.29, 1.82) is 0 Å². The minimum atomic E-state index is -1.06. The Balaban J connectivity index is 2.37. The molecule has 1 aliphatic rings. The number of nitrogens with zero attached hydrogens (tertiary/aromatic N) is 1. The van der Waals surface area contributed by atoms with Crippen LogP contribution in [0.4, 0.5) is 0 Å². The fourth-order valence-electron chi connectivity index (χ4n) is 1.42. The van der Waals surface area contributed by atoms with Crippen molar-refractivity contribution in [2.24, 2.45) is 0 Å². The summed E-state index contributed by atoms with van der Waals surface area (Å²) in [5, 5.41) is 17.7. The first-order valence-electron chi connectivity index (χ1n) is 4.30. The van der Waals surface area contributed by atoms with Crippen molar-refractivity contribution in [2.75, 3.05) is 13.1 Å². The van der Waals surface area contributed by atoms with E-state index < -0.39 is 12.1 Å². The third-order valence-electron chi connectivity index (χ3n) is 2.01. The van der Waals surface area contributed by atoms with Crippen LogP contribution in [0.15, 0.2) is 0 Å². The van der Waals surface area contributed by atoms with Crippen LogP contribution in [0.1, 0.15) is 12.8 Å². The Morgan fingerprint density at radius 1 is 1.71 bits per heavy atom.